The maximum atomic E-state index is 10.4. The fraction of sp³-hybridized carbons (Fsp3) is 0.722. The van der Waals surface area contributed by atoms with Gasteiger partial charge in [-0.3, -0.25) is 10.3 Å². The minimum absolute atomic E-state index is 0.0308. The van der Waals surface area contributed by atoms with Gasteiger partial charge in [0.25, 0.3) is 0 Å². The highest BCUT2D eigenvalue weighted by Crippen LogP contribution is 2.49. The second-order valence-electron chi connectivity index (χ2n) is 7.22. The van der Waals surface area contributed by atoms with Crippen LogP contribution in [0, 0.1) is 17.8 Å². The second-order valence-corrected chi connectivity index (χ2v) is 7.22. The highest BCUT2D eigenvalue weighted by atomic mass is 16.7. The normalized spacial score (nSPS) is 31.8. The van der Waals surface area contributed by atoms with E-state index in [-0.39, 0.29) is 18.4 Å². The summed E-state index contributed by atoms with van der Waals surface area (Å²) in [5, 5.41) is 29.2. The molecule has 0 aliphatic heterocycles. The molecule has 0 radical (unpaired) electrons. The number of allylic oxidation sites excluding steroid dienone is 1. The van der Waals surface area contributed by atoms with Gasteiger partial charge < -0.3 is 15.3 Å². The molecule has 0 aromatic rings. The molecule has 0 heterocycles. The van der Waals surface area contributed by atoms with E-state index < -0.39 is 18.2 Å². The summed E-state index contributed by atoms with van der Waals surface area (Å²) in [5.74, 6) is -0.367. The highest BCUT2D eigenvalue weighted by Gasteiger charge is 2.45. The SMILES string of the molecule is O=C(O)CONC1=C2CC(O)C(C=CC(O)C3CCCCC3)[C@@H]2C1. The van der Waals surface area contributed by atoms with Gasteiger partial charge in [-0.05, 0) is 43.1 Å². The standard InChI is InChI=1S/C18H27NO5/c20-16(11-4-2-1-3-5-11)7-6-12-13-8-15(14(13)9-17(12)21)19-24-10-18(22)23/h6-7,11-13,16-17,19-21H,1-5,8-10H2,(H,22,23)/t12?,13-,16?,17?/m0/s1. The van der Waals surface area contributed by atoms with Crippen LogP contribution in [0.1, 0.15) is 44.9 Å². The zero-order chi connectivity index (χ0) is 17.1. The van der Waals surface area contributed by atoms with Crippen LogP contribution in [-0.4, -0.2) is 40.1 Å². The predicted octanol–water partition coefficient (Wildman–Crippen LogP) is 1.74. The van der Waals surface area contributed by atoms with E-state index in [2.05, 4.69) is 5.48 Å². The molecule has 6 nitrogen and oxygen atoms in total. The number of aliphatic carboxylic acids is 1. The molecule has 0 spiro atoms. The Labute approximate surface area is 142 Å². The van der Waals surface area contributed by atoms with E-state index in [1.807, 2.05) is 12.2 Å². The van der Waals surface area contributed by atoms with Crippen LogP contribution in [0.15, 0.2) is 23.4 Å². The molecule has 3 rings (SSSR count). The second kappa shape index (κ2) is 7.68. The summed E-state index contributed by atoms with van der Waals surface area (Å²) in [6, 6.07) is 0. The summed E-state index contributed by atoms with van der Waals surface area (Å²) in [4.78, 5) is 15.4. The maximum Gasteiger partial charge on any atom is 0.332 e. The smallest absolute Gasteiger partial charge is 0.332 e. The van der Waals surface area contributed by atoms with Crippen LogP contribution in [0.4, 0.5) is 0 Å². The third-order valence-electron chi connectivity index (χ3n) is 5.65. The van der Waals surface area contributed by atoms with Gasteiger partial charge in [0, 0.05) is 11.6 Å². The fourth-order valence-electron chi connectivity index (χ4n) is 4.27. The number of aliphatic hydroxyl groups excluding tert-OH is 2. The van der Waals surface area contributed by atoms with Gasteiger partial charge in [-0.1, -0.05) is 31.4 Å². The Bertz CT molecular complexity index is 524. The van der Waals surface area contributed by atoms with Gasteiger partial charge >= 0.3 is 5.97 Å². The maximum absolute atomic E-state index is 10.4. The number of rotatable bonds is 7. The van der Waals surface area contributed by atoms with Gasteiger partial charge in [-0.2, -0.15) is 0 Å². The first-order valence-electron chi connectivity index (χ1n) is 8.92. The molecule has 24 heavy (non-hydrogen) atoms. The van der Waals surface area contributed by atoms with Crippen molar-refractivity contribution in [3.63, 3.8) is 0 Å². The molecule has 0 amide bonds. The van der Waals surface area contributed by atoms with E-state index in [4.69, 9.17) is 9.94 Å². The number of aliphatic hydroxyl groups is 2. The number of nitrogens with one attached hydrogen (secondary N) is 1. The van der Waals surface area contributed by atoms with E-state index in [1.54, 1.807) is 0 Å². The van der Waals surface area contributed by atoms with Crippen molar-refractivity contribution >= 4 is 5.97 Å². The fourth-order valence-corrected chi connectivity index (χ4v) is 4.27. The molecule has 0 bridgehead atoms. The molecule has 6 heteroatoms. The summed E-state index contributed by atoms with van der Waals surface area (Å²) in [5.41, 5.74) is 4.71. The lowest BCUT2D eigenvalue weighted by Gasteiger charge is -2.31. The largest absolute Gasteiger partial charge is 0.479 e. The average Bonchev–Trinajstić information content (AvgIpc) is 2.81. The van der Waals surface area contributed by atoms with Crippen molar-refractivity contribution in [1.29, 1.82) is 0 Å². The van der Waals surface area contributed by atoms with Gasteiger partial charge in [0.05, 0.1) is 12.2 Å². The molecule has 2 fully saturated rings. The van der Waals surface area contributed by atoms with Crippen LogP contribution in [0.2, 0.25) is 0 Å². The van der Waals surface area contributed by atoms with Gasteiger partial charge in [0.2, 0.25) is 0 Å². The number of carboxylic acid groups (broad SMARTS) is 1. The molecule has 0 aromatic carbocycles. The average molecular weight is 337 g/mol. The van der Waals surface area contributed by atoms with Crippen molar-refractivity contribution in [1.82, 2.24) is 5.48 Å². The van der Waals surface area contributed by atoms with E-state index in [1.165, 1.54) is 19.3 Å². The first kappa shape index (κ1) is 17.5. The Morgan fingerprint density at radius 1 is 1.29 bits per heavy atom. The van der Waals surface area contributed by atoms with Crippen molar-refractivity contribution in [2.75, 3.05) is 6.61 Å². The van der Waals surface area contributed by atoms with Crippen molar-refractivity contribution < 1.29 is 25.0 Å². The van der Waals surface area contributed by atoms with Crippen molar-refractivity contribution in [2.24, 2.45) is 17.8 Å². The zero-order valence-corrected chi connectivity index (χ0v) is 13.9. The summed E-state index contributed by atoms with van der Waals surface area (Å²) in [7, 11) is 0. The highest BCUT2D eigenvalue weighted by molar-refractivity contribution is 5.67. The number of hydrogen-bond donors (Lipinski definition) is 4. The third-order valence-corrected chi connectivity index (χ3v) is 5.65. The lowest BCUT2D eigenvalue weighted by molar-refractivity contribution is -0.144. The Balaban J connectivity index is 1.53. The quantitative estimate of drug-likeness (QED) is 0.417. The summed E-state index contributed by atoms with van der Waals surface area (Å²) in [6.07, 6.45) is 10.2. The number of carbonyl (C=O) groups is 1. The van der Waals surface area contributed by atoms with Crippen LogP contribution in [-0.2, 0) is 9.63 Å². The van der Waals surface area contributed by atoms with Crippen LogP contribution in [0.25, 0.3) is 0 Å². The zero-order valence-electron chi connectivity index (χ0n) is 13.9. The Morgan fingerprint density at radius 2 is 2.04 bits per heavy atom. The molecular formula is C18H27NO5. The van der Waals surface area contributed by atoms with Crippen LogP contribution < -0.4 is 5.48 Å². The molecule has 3 aliphatic carbocycles. The third kappa shape index (κ3) is 3.82. The first-order valence-corrected chi connectivity index (χ1v) is 8.92. The number of carboxylic acids is 1. The molecule has 134 valence electrons. The summed E-state index contributed by atoms with van der Waals surface area (Å²) >= 11 is 0. The molecule has 0 saturated heterocycles. The van der Waals surface area contributed by atoms with Crippen LogP contribution in [0.5, 0.6) is 0 Å². The summed E-state index contributed by atoms with van der Waals surface area (Å²) < 4.78 is 0. The van der Waals surface area contributed by atoms with Gasteiger partial charge in [0.1, 0.15) is 0 Å². The van der Waals surface area contributed by atoms with Crippen molar-refractivity contribution in [3.8, 4) is 0 Å². The number of hydroxylamine groups is 1. The molecular weight excluding hydrogens is 310 g/mol. The van der Waals surface area contributed by atoms with E-state index in [9.17, 15) is 15.0 Å². The lowest BCUT2D eigenvalue weighted by Crippen LogP contribution is -2.30. The van der Waals surface area contributed by atoms with Gasteiger partial charge in [-0.15, -0.1) is 0 Å². The van der Waals surface area contributed by atoms with Crippen molar-refractivity contribution in [2.45, 2.75) is 57.2 Å². The Morgan fingerprint density at radius 3 is 2.75 bits per heavy atom. The van der Waals surface area contributed by atoms with Crippen LogP contribution in [0.3, 0.4) is 0 Å². The van der Waals surface area contributed by atoms with Gasteiger partial charge in [0.15, 0.2) is 6.61 Å². The number of fused-ring (bicyclic) bond motifs is 1. The Kier molecular flexibility index (Phi) is 5.58. The lowest BCUT2D eigenvalue weighted by atomic mass is 9.78. The van der Waals surface area contributed by atoms with E-state index >= 15 is 0 Å². The van der Waals surface area contributed by atoms with Crippen molar-refractivity contribution in [3.05, 3.63) is 23.4 Å². The minimum atomic E-state index is -1.02. The molecule has 0 aromatic heterocycles. The van der Waals surface area contributed by atoms with E-state index in [0.29, 0.717) is 12.3 Å². The molecule has 4 N–H and O–H groups in total. The number of hydrogen-bond acceptors (Lipinski definition) is 5. The molecule has 3 aliphatic rings. The molecule has 4 atom stereocenters. The van der Waals surface area contributed by atoms with E-state index in [0.717, 1.165) is 30.5 Å². The summed E-state index contributed by atoms with van der Waals surface area (Å²) in [6.45, 7) is -0.388. The first-order chi connectivity index (χ1) is 11.6. The predicted molar refractivity (Wildman–Crippen MR) is 87.7 cm³/mol. The Hall–Kier alpha value is -1.37. The topological polar surface area (TPSA) is 99.0 Å². The molecule has 3 unspecified atom stereocenters. The molecule has 2 saturated carbocycles. The monoisotopic (exact) mass is 337 g/mol. The van der Waals surface area contributed by atoms with Crippen LogP contribution >= 0.6 is 0 Å². The minimum Gasteiger partial charge on any atom is -0.479 e. The van der Waals surface area contributed by atoms with Gasteiger partial charge in [-0.25, -0.2) is 4.79 Å².